The van der Waals surface area contributed by atoms with Crippen molar-refractivity contribution in [1.82, 2.24) is 19.9 Å². The number of aromatic amines is 3. The maximum absolute atomic E-state index is 11.9. The van der Waals surface area contributed by atoms with E-state index in [0.717, 1.165) is 10.9 Å². The van der Waals surface area contributed by atoms with Crippen LogP contribution in [-0.4, -0.2) is 19.9 Å². The van der Waals surface area contributed by atoms with Crippen molar-refractivity contribution in [2.45, 2.75) is 6.92 Å². The van der Waals surface area contributed by atoms with E-state index in [1.807, 2.05) is 6.07 Å². The Morgan fingerprint density at radius 3 is 2.78 bits per heavy atom. The minimum absolute atomic E-state index is 0.398. The van der Waals surface area contributed by atoms with Gasteiger partial charge in [0.15, 0.2) is 0 Å². The van der Waals surface area contributed by atoms with E-state index in [-0.39, 0.29) is 0 Å². The largest absolute Gasteiger partial charge is 0.346 e. The second-order valence-electron chi connectivity index (χ2n) is 4.01. The van der Waals surface area contributed by atoms with Crippen molar-refractivity contribution in [2.24, 2.45) is 0 Å². The third-order valence-electron chi connectivity index (χ3n) is 2.86. The van der Waals surface area contributed by atoms with Gasteiger partial charge in [0.05, 0.1) is 5.56 Å². The maximum atomic E-state index is 11.9. The number of H-pyrrole nitrogens is 3. The third kappa shape index (κ3) is 1.46. The van der Waals surface area contributed by atoms with E-state index in [0.29, 0.717) is 16.9 Å². The van der Waals surface area contributed by atoms with E-state index in [2.05, 4.69) is 19.9 Å². The fourth-order valence-electron chi connectivity index (χ4n) is 2.10. The smallest absolute Gasteiger partial charge is 0.325 e. The molecule has 0 fully saturated rings. The molecule has 0 aromatic carbocycles. The van der Waals surface area contributed by atoms with Gasteiger partial charge in [0.1, 0.15) is 5.65 Å². The molecule has 0 saturated carbocycles. The zero-order valence-corrected chi connectivity index (χ0v) is 9.57. The van der Waals surface area contributed by atoms with Crippen molar-refractivity contribution >= 4 is 11.0 Å². The number of fused-ring (bicyclic) bond motifs is 1. The molecule has 0 unspecified atom stereocenters. The van der Waals surface area contributed by atoms with Crippen LogP contribution in [0.25, 0.3) is 22.2 Å². The van der Waals surface area contributed by atoms with Gasteiger partial charge >= 0.3 is 5.69 Å². The van der Waals surface area contributed by atoms with E-state index in [1.165, 1.54) is 0 Å². The van der Waals surface area contributed by atoms with Crippen LogP contribution in [0.3, 0.4) is 0 Å². The zero-order chi connectivity index (χ0) is 12.7. The number of nitrogens with zero attached hydrogens (tertiary/aromatic N) is 1. The van der Waals surface area contributed by atoms with Crippen LogP contribution in [0.4, 0.5) is 0 Å². The van der Waals surface area contributed by atoms with Crippen molar-refractivity contribution in [3.05, 3.63) is 51.1 Å². The molecule has 0 atom stereocenters. The molecule has 3 aromatic rings. The highest BCUT2D eigenvalue weighted by atomic mass is 16.2. The molecule has 3 N–H and O–H groups in total. The molecule has 18 heavy (non-hydrogen) atoms. The highest BCUT2D eigenvalue weighted by Gasteiger charge is 2.12. The average molecular weight is 242 g/mol. The molecule has 0 amide bonds. The van der Waals surface area contributed by atoms with Crippen LogP contribution >= 0.6 is 0 Å². The van der Waals surface area contributed by atoms with Gasteiger partial charge in [-0.1, -0.05) is 0 Å². The zero-order valence-electron chi connectivity index (χ0n) is 9.57. The summed E-state index contributed by atoms with van der Waals surface area (Å²) in [5.74, 6) is 0. The van der Waals surface area contributed by atoms with Gasteiger partial charge in [0.2, 0.25) is 0 Å². The second-order valence-corrected chi connectivity index (χ2v) is 4.01. The van der Waals surface area contributed by atoms with Crippen molar-refractivity contribution in [2.75, 3.05) is 0 Å². The average Bonchev–Trinajstić information content (AvgIpc) is 2.76. The van der Waals surface area contributed by atoms with E-state index >= 15 is 0 Å². The Bertz CT molecular complexity index is 841. The molecule has 0 aliphatic heterocycles. The minimum atomic E-state index is -0.499. The van der Waals surface area contributed by atoms with E-state index in [1.54, 1.807) is 25.4 Å². The van der Waals surface area contributed by atoms with Gasteiger partial charge in [-0.25, -0.2) is 9.78 Å². The molecule has 6 nitrogen and oxygen atoms in total. The topological polar surface area (TPSA) is 94.4 Å². The van der Waals surface area contributed by atoms with E-state index < -0.39 is 11.2 Å². The van der Waals surface area contributed by atoms with Crippen molar-refractivity contribution in [3.8, 4) is 11.1 Å². The molecule has 90 valence electrons. The Morgan fingerprint density at radius 2 is 2.00 bits per heavy atom. The Hall–Kier alpha value is -2.63. The number of nitrogens with one attached hydrogen (secondary N) is 3. The molecule has 0 spiro atoms. The number of rotatable bonds is 1. The third-order valence-corrected chi connectivity index (χ3v) is 2.86. The number of aryl methyl sites for hydroxylation is 1. The monoisotopic (exact) mass is 242 g/mol. The summed E-state index contributed by atoms with van der Waals surface area (Å²) in [5, 5.41) is 0.846. The molecule has 0 aliphatic carbocycles. The van der Waals surface area contributed by atoms with Gasteiger partial charge < -0.3 is 9.97 Å². The molecule has 3 heterocycles. The van der Waals surface area contributed by atoms with Crippen LogP contribution in [0, 0.1) is 6.92 Å². The van der Waals surface area contributed by atoms with Crippen molar-refractivity contribution in [3.63, 3.8) is 0 Å². The van der Waals surface area contributed by atoms with Crippen molar-refractivity contribution < 1.29 is 0 Å². The summed E-state index contributed by atoms with van der Waals surface area (Å²) in [6, 6.07) is 3.60. The fourth-order valence-corrected chi connectivity index (χ4v) is 2.10. The Balaban J connectivity index is 2.43. The predicted molar refractivity (Wildman–Crippen MR) is 67.5 cm³/mol. The Labute approximate surface area is 101 Å². The molecule has 0 saturated heterocycles. The lowest BCUT2D eigenvalue weighted by Gasteiger charge is -2.05. The van der Waals surface area contributed by atoms with E-state index in [9.17, 15) is 9.59 Å². The van der Waals surface area contributed by atoms with Crippen LogP contribution < -0.4 is 11.2 Å². The molecule has 3 rings (SSSR count). The maximum Gasteiger partial charge on any atom is 0.325 e. The summed E-state index contributed by atoms with van der Waals surface area (Å²) in [6.07, 6.45) is 3.38. The van der Waals surface area contributed by atoms with Crippen LogP contribution in [0.15, 0.2) is 34.1 Å². The molecule has 3 aromatic heterocycles. The second kappa shape index (κ2) is 3.69. The van der Waals surface area contributed by atoms with Gasteiger partial charge in [-0.05, 0) is 19.1 Å². The first kappa shape index (κ1) is 10.5. The number of pyridine rings is 1. The summed E-state index contributed by atoms with van der Waals surface area (Å²) in [4.78, 5) is 35.1. The van der Waals surface area contributed by atoms with Crippen LogP contribution in [-0.2, 0) is 0 Å². The molecule has 6 heteroatoms. The van der Waals surface area contributed by atoms with Crippen LogP contribution in [0.2, 0.25) is 0 Å². The Morgan fingerprint density at radius 1 is 1.17 bits per heavy atom. The standard InChI is InChI=1S/C12H10N4O2/c1-6-9(11(17)16-12(18)15-6)7-2-4-13-10-8(7)3-5-14-10/h2-5H,1H3,(H,13,14)(H2,15,16,17,18). The molecular formula is C12H10N4O2. The molecule has 0 aliphatic rings. The number of hydrogen-bond donors (Lipinski definition) is 3. The van der Waals surface area contributed by atoms with Gasteiger partial charge in [0.25, 0.3) is 5.56 Å². The normalized spacial score (nSPS) is 10.9. The summed E-state index contributed by atoms with van der Waals surface area (Å²) in [6.45, 7) is 1.70. The highest BCUT2D eigenvalue weighted by Crippen LogP contribution is 2.25. The van der Waals surface area contributed by atoms with E-state index in [4.69, 9.17) is 0 Å². The lowest BCUT2D eigenvalue weighted by atomic mass is 10.0. The van der Waals surface area contributed by atoms with Gasteiger partial charge in [-0.15, -0.1) is 0 Å². The summed E-state index contributed by atoms with van der Waals surface area (Å²) >= 11 is 0. The minimum Gasteiger partial charge on any atom is -0.346 e. The van der Waals surface area contributed by atoms with Gasteiger partial charge in [-0.3, -0.25) is 9.78 Å². The molecular weight excluding hydrogens is 232 g/mol. The quantitative estimate of drug-likeness (QED) is 0.592. The lowest BCUT2D eigenvalue weighted by Crippen LogP contribution is -2.25. The lowest BCUT2D eigenvalue weighted by molar-refractivity contribution is 1.000. The van der Waals surface area contributed by atoms with Gasteiger partial charge in [0, 0.05) is 29.0 Å². The summed E-state index contributed by atoms with van der Waals surface area (Å²) in [7, 11) is 0. The van der Waals surface area contributed by atoms with Crippen LogP contribution in [0.5, 0.6) is 0 Å². The van der Waals surface area contributed by atoms with Crippen LogP contribution in [0.1, 0.15) is 5.69 Å². The molecule has 0 radical (unpaired) electrons. The first-order chi connectivity index (χ1) is 8.66. The predicted octanol–water partition coefficient (Wildman–Crippen LogP) is 0.915. The van der Waals surface area contributed by atoms with Crippen molar-refractivity contribution in [1.29, 1.82) is 0 Å². The number of aromatic nitrogens is 4. The Kier molecular flexibility index (Phi) is 2.16. The fraction of sp³-hybridized carbons (Fsp3) is 0.0833. The first-order valence-electron chi connectivity index (χ1n) is 5.42. The first-order valence-corrected chi connectivity index (χ1v) is 5.42. The summed E-state index contributed by atoms with van der Waals surface area (Å²) < 4.78 is 0. The number of hydrogen-bond acceptors (Lipinski definition) is 3. The van der Waals surface area contributed by atoms with Gasteiger partial charge in [-0.2, -0.15) is 0 Å². The summed E-state index contributed by atoms with van der Waals surface area (Å²) in [5.41, 5.74) is 1.55. The highest BCUT2D eigenvalue weighted by molar-refractivity contribution is 5.93. The SMILES string of the molecule is Cc1[nH]c(=O)[nH]c(=O)c1-c1ccnc2[nH]ccc12. The molecule has 0 bridgehead atoms.